The summed E-state index contributed by atoms with van der Waals surface area (Å²) in [5.41, 5.74) is 4.37. The molecule has 3 aromatic rings. The van der Waals surface area contributed by atoms with Gasteiger partial charge in [-0.1, -0.05) is 0 Å². The molecule has 0 spiro atoms. The van der Waals surface area contributed by atoms with E-state index < -0.39 is 0 Å². The van der Waals surface area contributed by atoms with Crippen LogP contribution in [0, 0.1) is 17.5 Å². The lowest BCUT2D eigenvalue weighted by molar-refractivity contribution is 0.622. The number of hydrogen-bond donors (Lipinski definition) is 1. The number of thiazole rings is 1. The summed E-state index contributed by atoms with van der Waals surface area (Å²) in [6, 6.07) is 3.19. The van der Waals surface area contributed by atoms with Crippen molar-refractivity contribution in [3.8, 4) is 0 Å². The van der Waals surface area contributed by atoms with Gasteiger partial charge in [0.05, 0.1) is 33.3 Å². The highest BCUT2D eigenvalue weighted by molar-refractivity contribution is 9.10. The fraction of sp³-hybridized carbons (Fsp3) is 0.167. The first-order chi connectivity index (χ1) is 9.06. The maximum absolute atomic E-state index is 13.7. The molecule has 0 saturated carbocycles. The largest absolute Gasteiger partial charge is 0.331 e. The molecule has 2 heterocycles. The molecule has 0 aliphatic carbocycles. The van der Waals surface area contributed by atoms with Gasteiger partial charge in [-0.2, -0.15) is 0 Å². The predicted molar refractivity (Wildman–Crippen MR) is 80.7 cm³/mol. The van der Waals surface area contributed by atoms with E-state index in [-0.39, 0.29) is 5.82 Å². The van der Waals surface area contributed by atoms with E-state index in [0.29, 0.717) is 15.8 Å². The first kappa shape index (κ1) is 13.0. The molecule has 1 aromatic carbocycles. The van der Waals surface area contributed by atoms with E-state index in [1.807, 2.05) is 11.5 Å². The van der Waals surface area contributed by atoms with Crippen molar-refractivity contribution in [1.82, 2.24) is 14.5 Å². The lowest BCUT2D eigenvalue weighted by Gasteiger charge is -2.04. The SMILES string of the molecule is Cc1ncsc1Cn1c(=S)[nH]c2cc(Br)c(F)cc21. The van der Waals surface area contributed by atoms with Crippen molar-refractivity contribution in [3.05, 3.63) is 43.3 Å². The molecule has 0 atom stereocenters. The highest BCUT2D eigenvalue weighted by Gasteiger charge is 2.11. The Morgan fingerprint density at radius 2 is 2.32 bits per heavy atom. The smallest absolute Gasteiger partial charge is 0.178 e. The molecule has 98 valence electrons. The Morgan fingerprint density at radius 3 is 3.00 bits per heavy atom. The summed E-state index contributed by atoms with van der Waals surface area (Å²) in [5.74, 6) is -0.295. The first-order valence-electron chi connectivity index (χ1n) is 5.53. The molecule has 0 saturated heterocycles. The van der Waals surface area contributed by atoms with Gasteiger partial charge in [-0.15, -0.1) is 11.3 Å². The number of hydrogen-bond acceptors (Lipinski definition) is 3. The maximum Gasteiger partial charge on any atom is 0.178 e. The monoisotopic (exact) mass is 357 g/mol. The third-order valence-corrected chi connectivity index (χ3v) is 4.81. The number of H-pyrrole nitrogens is 1. The van der Waals surface area contributed by atoms with Gasteiger partial charge in [-0.3, -0.25) is 0 Å². The number of imidazole rings is 1. The average Bonchev–Trinajstić information content (AvgIpc) is 2.88. The minimum absolute atomic E-state index is 0.295. The summed E-state index contributed by atoms with van der Waals surface area (Å²) in [5, 5.41) is 0. The number of halogens is 2. The van der Waals surface area contributed by atoms with Gasteiger partial charge in [0, 0.05) is 10.9 Å². The quantitative estimate of drug-likeness (QED) is 0.689. The Hall–Kier alpha value is -1.05. The Bertz CT molecular complexity index is 818. The van der Waals surface area contributed by atoms with Gasteiger partial charge >= 0.3 is 0 Å². The van der Waals surface area contributed by atoms with Crippen LogP contribution in [0.15, 0.2) is 22.1 Å². The third-order valence-electron chi connectivity index (χ3n) is 2.96. The standard InChI is InChI=1S/C12H9BrFN3S2/c1-6-11(19-5-15-6)4-17-10-3-8(14)7(13)2-9(10)16-12(17)18/h2-3,5H,4H2,1H3,(H,16,18). The number of rotatable bonds is 2. The first-order valence-corrected chi connectivity index (χ1v) is 7.61. The van der Waals surface area contributed by atoms with Crippen LogP contribution in [-0.2, 0) is 6.54 Å². The number of benzene rings is 1. The fourth-order valence-corrected chi connectivity index (χ4v) is 3.31. The van der Waals surface area contributed by atoms with Crippen LogP contribution in [0.3, 0.4) is 0 Å². The van der Waals surface area contributed by atoms with Gasteiger partial charge in [0.2, 0.25) is 0 Å². The van der Waals surface area contributed by atoms with E-state index in [2.05, 4.69) is 25.9 Å². The van der Waals surface area contributed by atoms with Crippen LogP contribution in [0.25, 0.3) is 11.0 Å². The van der Waals surface area contributed by atoms with Gasteiger partial charge < -0.3 is 9.55 Å². The molecule has 7 heteroatoms. The number of fused-ring (bicyclic) bond motifs is 1. The Balaban J connectivity index is 2.18. The van der Waals surface area contributed by atoms with Crippen LogP contribution in [0.1, 0.15) is 10.6 Å². The number of nitrogens with zero attached hydrogens (tertiary/aromatic N) is 2. The van der Waals surface area contributed by atoms with Crippen LogP contribution in [0.5, 0.6) is 0 Å². The molecule has 0 aliphatic rings. The molecular weight excluding hydrogens is 349 g/mol. The minimum Gasteiger partial charge on any atom is -0.331 e. The summed E-state index contributed by atoms with van der Waals surface area (Å²) >= 11 is 10.1. The number of nitrogens with one attached hydrogen (secondary N) is 1. The summed E-state index contributed by atoms with van der Waals surface area (Å²) in [4.78, 5) is 8.44. The minimum atomic E-state index is -0.295. The molecule has 2 aromatic heterocycles. The Morgan fingerprint density at radius 1 is 1.53 bits per heavy atom. The third kappa shape index (κ3) is 2.26. The molecular formula is C12H9BrFN3S2. The van der Waals surface area contributed by atoms with Crippen LogP contribution in [0.2, 0.25) is 0 Å². The van der Waals surface area contributed by atoms with E-state index >= 15 is 0 Å². The zero-order valence-corrected chi connectivity index (χ0v) is 13.1. The van der Waals surface area contributed by atoms with Gasteiger partial charge in [-0.05, 0) is 41.1 Å². The number of aromatic amines is 1. The van der Waals surface area contributed by atoms with Crippen molar-refractivity contribution in [2.45, 2.75) is 13.5 Å². The molecule has 1 N–H and O–H groups in total. The van der Waals surface area contributed by atoms with Crippen molar-refractivity contribution < 1.29 is 4.39 Å². The van der Waals surface area contributed by atoms with Gasteiger partial charge in [0.15, 0.2) is 4.77 Å². The van der Waals surface area contributed by atoms with Gasteiger partial charge in [0.1, 0.15) is 5.82 Å². The Labute approximate surface area is 126 Å². The van der Waals surface area contributed by atoms with E-state index in [1.54, 1.807) is 22.9 Å². The summed E-state index contributed by atoms with van der Waals surface area (Å²) < 4.78 is 16.6. The summed E-state index contributed by atoms with van der Waals surface area (Å²) in [6.45, 7) is 2.57. The zero-order chi connectivity index (χ0) is 13.6. The second-order valence-corrected chi connectivity index (χ2v) is 6.34. The summed E-state index contributed by atoms with van der Waals surface area (Å²) in [6.07, 6.45) is 0. The van der Waals surface area contributed by atoms with Crippen molar-refractivity contribution in [2.24, 2.45) is 0 Å². The molecule has 0 bridgehead atoms. The zero-order valence-electron chi connectivity index (χ0n) is 9.91. The lowest BCUT2D eigenvalue weighted by atomic mass is 10.3. The van der Waals surface area contributed by atoms with Crippen molar-refractivity contribution >= 4 is 50.5 Å². The van der Waals surface area contributed by atoms with Gasteiger partial charge in [-0.25, -0.2) is 9.37 Å². The molecule has 19 heavy (non-hydrogen) atoms. The lowest BCUT2D eigenvalue weighted by Crippen LogP contribution is -1.99. The molecule has 0 unspecified atom stereocenters. The van der Waals surface area contributed by atoms with Crippen LogP contribution in [-0.4, -0.2) is 14.5 Å². The van der Waals surface area contributed by atoms with Crippen LogP contribution < -0.4 is 0 Å². The molecule has 0 fully saturated rings. The van der Waals surface area contributed by atoms with Crippen molar-refractivity contribution in [1.29, 1.82) is 0 Å². The summed E-state index contributed by atoms with van der Waals surface area (Å²) in [7, 11) is 0. The van der Waals surface area contributed by atoms with E-state index in [0.717, 1.165) is 21.6 Å². The molecule has 3 rings (SSSR count). The second kappa shape index (κ2) is 4.81. The molecule has 0 radical (unpaired) electrons. The van der Waals surface area contributed by atoms with Crippen molar-refractivity contribution in [2.75, 3.05) is 0 Å². The Kier molecular flexibility index (Phi) is 3.28. The topological polar surface area (TPSA) is 33.6 Å². The second-order valence-electron chi connectivity index (χ2n) is 4.16. The number of aromatic nitrogens is 3. The maximum atomic E-state index is 13.7. The van der Waals surface area contributed by atoms with Crippen molar-refractivity contribution in [3.63, 3.8) is 0 Å². The fourth-order valence-electron chi connectivity index (χ4n) is 1.93. The van der Waals surface area contributed by atoms with E-state index in [4.69, 9.17) is 12.2 Å². The van der Waals surface area contributed by atoms with Crippen LogP contribution in [0.4, 0.5) is 4.39 Å². The normalized spacial score (nSPS) is 11.3. The number of aryl methyl sites for hydroxylation is 1. The predicted octanol–water partition coefficient (Wildman–Crippen LogP) is 4.41. The highest BCUT2D eigenvalue weighted by atomic mass is 79.9. The van der Waals surface area contributed by atoms with Crippen LogP contribution >= 0.6 is 39.5 Å². The molecule has 3 nitrogen and oxygen atoms in total. The average molecular weight is 358 g/mol. The van der Waals surface area contributed by atoms with E-state index in [9.17, 15) is 4.39 Å². The molecule has 0 aliphatic heterocycles. The highest BCUT2D eigenvalue weighted by Crippen LogP contribution is 2.24. The molecule has 0 amide bonds. The van der Waals surface area contributed by atoms with E-state index in [1.165, 1.54) is 6.07 Å². The van der Waals surface area contributed by atoms with Gasteiger partial charge in [0.25, 0.3) is 0 Å².